The van der Waals surface area contributed by atoms with Crippen molar-refractivity contribution in [1.29, 1.82) is 0 Å². The van der Waals surface area contributed by atoms with E-state index in [1.807, 2.05) is 24.0 Å². The van der Waals surface area contributed by atoms with Crippen LogP contribution in [0.4, 0.5) is 11.4 Å². The van der Waals surface area contributed by atoms with Gasteiger partial charge in [-0.25, -0.2) is 4.90 Å². The lowest BCUT2D eigenvalue weighted by atomic mass is 10.1. The molecule has 31 heavy (non-hydrogen) atoms. The third-order valence-corrected chi connectivity index (χ3v) is 6.01. The Hall–Kier alpha value is -3.12. The number of hydrogen-bond donors (Lipinski definition) is 1. The van der Waals surface area contributed by atoms with Crippen LogP contribution >= 0.6 is 11.6 Å². The van der Waals surface area contributed by atoms with Crippen LogP contribution in [0.15, 0.2) is 59.3 Å². The first-order valence-corrected chi connectivity index (χ1v) is 10.9. The van der Waals surface area contributed by atoms with E-state index in [4.69, 9.17) is 11.6 Å². The topological polar surface area (TPSA) is 69.7 Å². The standard InChI is InChI=1S/C24H24ClN3O3/c1-16-9-4-5-12-19(16)28-23(30)20(25)21(24(28)31)26-18-11-8-10-17(15-18)22(29)27-13-6-2-3-7-14-27/h4-5,8-12,15,26H,2-3,6-7,13-14H2,1H3. The molecule has 1 N–H and O–H groups in total. The highest BCUT2D eigenvalue weighted by Gasteiger charge is 2.39. The number of likely N-dealkylation sites (tertiary alicyclic amines) is 1. The van der Waals surface area contributed by atoms with E-state index in [1.165, 1.54) is 0 Å². The molecule has 0 aromatic heterocycles. The van der Waals surface area contributed by atoms with Crippen LogP contribution in [-0.4, -0.2) is 35.7 Å². The third kappa shape index (κ3) is 4.21. The normalized spacial score (nSPS) is 17.2. The van der Waals surface area contributed by atoms with E-state index in [0.717, 1.165) is 49.2 Å². The number of nitrogens with one attached hydrogen (secondary N) is 1. The molecule has 2 aliphatic rings. The fourth-order valence-corrected chi connectivity index (χ4v) is 4.19. The number of benzene rings is 2. The van der Waals surface area contributed by atoms with Crippen LogP contribution in [0.5, 0.6) is 0 Å². The Bertz CT molecular complexity index is 1070. The molecule has 0 radical (unpaired) electrons. The Morgan fingerprint density at radius 2 is 1.65 bits per heavy atom. The van der Waals surface area contributed by atoms with Crippen molar-refractivity contribution in [2.75, 3.05) is 23.3 Å². The van der Waals surface area contributed by atoms with E-state index in [1.54, 1.807) is 36.4 Å². The summed E-state index contributed by atoms with van der Waals surface area (Å²) in [6.45, 7) is 3.34. The molecule has 2 heterocycles. The van der Waals surface area contributed by atoms with E-state index >= 15 is 0 Å². The lowest BCUT2D eigenvalue weighted by Crippen LogP contribution is -2.33. The fourth-order valence-electron chi connectivity index (χ4n) is 3.98. The average Bonchev–Trinajstić information content (AvgIpc) is 2.98. The summed E-state index contributed by atoms with van der Waals surface area (Å²) in [5, 5.41) is 2.80. The van der Waals surface area contributed by atoms with Gasteiger partial charge >= 0.3 is 0 Å². The minimum absolute atomic E-state index is 0.00860. The van der Waals surface area contributed by atoms with Crippen molar-refractivity contribution < 1.29 is 14.4 Å². The number of carbonyl (C=O) groups is 3. The van der Waals surface area contributed by atoms with Gasteiger partial charge in [0.2, 0.25) is 0 Å². The van der Waals surface area contributed by atoms with Crippen LogP contribution < -0.4 is 10.2 Å². The Labute approximate surface area is 186 Å². The first-order valence-electron chi connectivity index (χ1n) is 10.5. The molecule has 1 fully saturated rings. The molecule has 0 saturated carbocycles. The molecular formula is C24H24ClN3O3. The number of imide groups is 1. The maximum atomic E-state index is 13.0. The predicted molar refractivity (Wildman–Crippen MR) is 121 cm³/mol. The summed E-state index contributed by atoms with van der Waals surface area (Å²) in [5.41, 5.74) is 2.37. The van der Waals surface area contributed by atoms with Crippen LogP contribution in [0.1, 0.15) is 41.6 Å². The second-order valence-electron chi connectivity index (χ2n) is 7.83. The number of hydrogen-bond acceptors (Lipinski definition) is 4. The second-order valence-corrected chi connectivity index (χ2v) is 8.21. The first kappa shape index (κ1) is 21.1. The van der Waals surface area contributed by atoms with Gasteiger partial charge in [0.1, 0.15) is 10.7 Å². The zero-order valence-corrected chi connectivity index (χ0v) is 18.1. The number of para-hydroxylation sites is 1. The summed E-state index contributed by atoms with van der Waals surface area (Å²) < 4.78 is 0. The number of rotatable bonds is 4. The number of aryl methyl sites for hydroxylation is 1. The molecule has 0 bridgehead atoms. The molecule has 2 aromatic carbocycles. The molecule has 4 rings (SSSR count). The van der Waals surface area contributed by atoms with Crippen molar-refractivity contribution in [2.24, 2.45) is 0 Å². The Morgan fingerprint density at radius 1 is 0.935 bits per heavy atom. The van der Waals surface area contributed by atoms with Gasteiger partial charge in [-0.3, -0.25) is 14.4 Å². The van der Waals surface area contributed by atoms with Gasteiger partial charge in [0.05, 0.1) is 5.69 Å². The Balaban J connectivity index is 1.56. The minimum Gasteiger partial charge on any atom is -0.350 e. The van der Waals surface area contributed by atoms with Crippen LogP contribution in [0.3, 0.4) is 0 Å². The molecule has 1 saturated heterocycles. The monoisotopic (exact) mass is 437 g/mol. The fraction of sp³-hybridized carbons (Fsp3) is 0.292. The molecular weight excluding hydrogens is 414 g/mol. The molecule has 0 spiro atoms. The molecule has 3 amide bonds. The van der Waals surface area contributed by atoms with Gasteiger partial charge in [-0.15, -0.1) is 0 Å². The first-order chi connectivity index (χ1) is 15.0. The molecule has 0 unspecified atom stereocenters. The summed E-state index contributed by atoms with van der Waals surface area (Å²) >= 11 is 6.24. The van der Waals surface area contributed by atoms with Gasteiger partial charge in [0.25, 0.3) is 17.7 Å². The lowest BCUT2D eigenvalue weighted by molar-refractivity contribution is -0.120. The van der Waals surface area contributed by atoms with E-state index < -0.39 is 11.8 Å². The molecule has 0 atom stereocenters. The van der Waals surface area contributed by atoms with Gasteiger partial charge in [0, 0.05) is 24.3 Å². The quantitative estimate of drug-likeness (QED) is 0.717. The SMILES string of the molecule is Cc1ccccc1N1C(=O)C(Cl)=C(Nc2cccc(C(=O)N3CCCCCC3)c2)C1=O. The summed E-state index contributed by atoms with van der Waals surface area (Å²) in [6, 6.07) is 14.1. The lowest BCUT2D eigenvalue weighted by Gasteiger charge is -2.21. The van der Waals surface area contributed by atoms with Crippen LogP contribution in [0.2, 0.25) is 0 Å². The third-order valence-electron chi connectivity index (χ3n) is 5.66. The van der Waals surface area contributed by atoms with Gasteiger partial charge in [0.15, 0.2) is 0 Å². The largest absolute Gasteiger partial charge is 0.350 e. The van der Waals surface area contributed by atoms with E-state index in [0.29, 0.717) is 16.9 Å². The average molecular weight is 438 g/mol. The molecule has 2 aliphatic heterocycles. The van der Waals surface area contributed by atoms with Crippen LogP contribution in [0, 0.1) is 6.92 Å². The summed E-state index contributed by atoms with van der Waals surface area (Å²) in [4.78, 5) is 41.6. The molecule has 7 heteroatoms. The smallest absolute Gasteiger partial charge is 0.283 e. The van der Waals surface area contributed by atoms with Gasteiger partial charge in [-0.05, 0) is 49.6 Å². The highest BCUT2D eigenvalue weighted by Crippen LogP contribution is 2.32. The van der Waals surface area contributed by atoms with Crippen LogP contribution in [-0.2, 0) is 9.59 Å². The maximum Gasteiger partial charge on any atom is 0.283 e. The number of nitrogens with zero attached hydrogens (tertiary/aromatic N) is 2. The molecule has 6 nitrogen and oxygen atoms in total. The van der Waals surface area contributed by atoms with E-state index in [9.17, 15) is 14.4 Å². The van der Waals surface area contributed by atoms with Crippen molar-refractivity contribution >= 4 is 40.7 Å². The maximum absolute atomic E-state index is 13.0. The predicted octanol–water partition coefficient (Wildman–Crippen LogP) is 4.45. The van der Waals surface area contributed by atoms with Crippen molar-refractivity contribution in [2.45, 2.75) is 32.6 Å². The second kappa shape index (κ2) is 8.94. The number of carbonyl (C=O) groups excluding carboxylic acids is 3. The highest BCUT2D eigenvalue weighted by molar-refractivity contribution is 6.53. The summed E-state index contributed by atoms with van der Waals surface area (Å²) in [6.07, 6.45) is 4.31. The Kier molecular flexibility index (Phi) is 6.09. The molecule has 160 valence electrons. The van der Waals surface area contributed by atoms with E-state index in [-0.39, 0.29) is 16.6 Å². The molecule has 2 aromatic rings. The van der Waals surface area contributed by atoms with E-state index in [2.05, 4.69) is 5.32 Å². The summed E-state index contributed by atoms with van der Waals surface area (Å²) in [7, 11) is 0. The number of amides is 3. The number of halogens is 1. The van der Waals surface area contributed by atoms with Crippen LogP contribution in [0.25, 0.3) is 0 Å². The van der Waals surface area contributed by atoms with Crippen molar-refractivity contribution in [3.63, 3.8) is 0 Å². The highest BCUT2D eigenvalue weighted by atomic mass is 35.5. The summed E-state index contributed by atoms with van der Waals surface area (Å²) in [5.74, 6) is -1.12. The zero-order chi connectivity index (χ0) is 22.0. The van der Waals surface area contributed by atoms with Gasteiger partial charge < -0.3 is 10.2 Å². The van der Waals surface area contributed by atoms with Crippen molar-refractivity contribution in [1.82, 2.24) is 4.90 Å². The zero-order valence-electron chi connectivity index (χ0n) is 17.4. The van der Waals surface area contributed by atoms with Gasteiger partial charge in [-0.1, -0.05) is 48.7 Å². The minimum atomic E-state index is -0.569. The van der Waals surface area contributed by atoms with Gasteiger partial charge in [-0.2, -0.15) is 0 Å². The Morgan fingerprint density at radius 3 is 2.35 bits per heavy atom. The van der Waals surface area contributed by atoms with Crippen molar-refractivity contribution in [3.8, 4) is 0 Å². The molecule has 0 aliphatic carbocycles. The van der Waals surface area contributed by atoms with Crippen molar-refractivity contribution in [3.05, 3.63) is 70.4 Å². The number of anilines is 2.